The van der Waals surface area contributed by atoms with E-state index in [9.17, 15) is 13.2 Å². The van der Waals surface area contributed by atoms with Crippen molar-refractivity contribution >= 4 is 21.6 Å². The summed E-state index contributed by atoms with van der Waals surface area (Å²) >= 11 is 2.96. The maximum atomic E-state index is 13.9. The Morgan fingerprint density at radius 2 is 1.67 bits per heavy atom. The lowest BCUT2D eigenvalue weighted by Gasteiger charge is -2.21. The Balaban J connectivity index is 1.89. The van der Waals surface area contributed by atoms with E-state index >= 15 is 0 Å². The Hall–Kier alpha value is -1.49. The lowest BCUT2D eigenvalue weighted by Crippen LogP contribution is -2.14. The quantitative estimate of drug-likeness (QED) is 0.721. The monoisotopic (exact) mass is 355 g/mol. The fourth-order valence-corrected chi connectivity index (χ4v) is 2.69. The van der Waals surface area contributed by atoms with E-state index in [0.717, 1.165) is 30.5 Å². The Labute approximate surface area is 129 Å². The van der Waals surface area contributed by atoms with E-state index in [0.29, 0.717) is 5.92 Å². The van der Waals surface area contributed by atoms with Gasteiger partial charge in [-0.2, -0.15) is 0 Å². The van der Waals surface area contributed by atoms with Crippen molar-refractivity contribution in [2.24, 2.45) is 5.92 Å². The van der Waals surface area contributed by atoms with Crippen molar-refractivity contribution in [3.05, 3.63) is 63.9 Å². The summed E-state index contributed by atoms with van der Waals surface area (Å²) in [6.07, 6.45) is 2.05. The molecule has 1 unspecified atom stereocenters. The van der Waals surface area contributed by atoms with Crippen LogP contribution in [0.3, 0.4) is 0 Å². The number of hydrogen-bond acceptors (Lipinski definition) is 1. The van der Waals surface area contributed by atoms with E-state index in [1.54, 1.807) is 12.1 Å². The van der Waals surface area contributed by atoms with Gasteiger partial charge >= 0.3 is 0 Å². The molecule has 3 rings (SSSR count). The van der Waals surface area contributed by atoms with Gasteiger partial charge in [0.1, 0.15) is 17.5 Å². The highest BCUT2D eigenvalue weighted by molar-refractivity contribution is 9.10. The third-order valence-electron chi connectivity index (χ3n) is 3.64. The second kappa shape index (κ2) is 5.72. The zero-order chi connectivity index (χ0) is 15.0. The van der Waals surface area contributed by atoms with E-state index < -0.39 is 11.6 Å². The normalized spacial score (nSPS) is 15.8. The summed E-state index contributed by atoms with van der Waals surface area (Å²) in [7, 11) is 0. The number of anilines is 1. The first-order valence-corrected chi connectivity index (χ1v) is 7.50. The molecule has 1 N–H and O–H groups in total. The molecule has 2 aromatic rings. The van der Waals surface area contributed by atoms with Gasteiger partial charge in [-0.25, -0.2) is 13.2 Å². The molecular formula is C16H13BrF3N. The molecule has 1 aliphatic rings. The molecule has 110 valence electrons. The molecule has 0 aromatic heterocycles. The van der Waals surface area contributed by atoms with E-state index in [1.165, 1.54) is 12.1 Å². The number of rotatable bonds is 4. The molecule has 0 amide bonds. The summed E-state index contributed by atoms with van der Waals surface area (Å²) in [5, 5.41) is 3.05. The Morgan fingerprint density at radius 1 is 1.00 bits per heavy atom. The van der Waals surface area contributed by atoms with Crippen LogP contribution in [0.5, 0.6) is 0 Å². The van der Waals surface area contributed by atoms with Crippen molar-refractivity contribution in [2.75, 3.05) is 5.32 Å². The lowest BCUT2D eigenvalue weighted by atomic mass is 10.0. The number of halogens is 4. The predicted octanol–water partition coefficient (Wildman–Crippen LogP) is 5.43. The second-order valence-corrected chi connectivity index (χ2v) is 6.11. The van der Waals surface area contributed by atoms with Crippen molar-refractivity contribution in [3.63, 3.8) is 0 Å². The molecule has 1 fully saturated rings. The van der Waals surface area contributed by atoms with Crippen LogP contribution < -0.4 is 5.32 Å². The first kappa shape index (κ1) is 14.4. The first-order valence-electron chi connectivity index (χ1n) is 6.71. The number of nitrogens with one attached hydrogen (secondary N) is 1. The summed E-state index contributed by atoms with van der Waals surface area (Å²) in [4.78, 5) is 0. The van der Waals surface area contributed by atoms with Gasteiger partial charge in [-0.1, -0.05) is 12.1 Å². The highest BCUT2D eigenvalue weighted by Gasteiger charge is 2.33. The van der Waals surface area contributed by atoms with Crippen LogP contribution in [-0.4, -0.2) is 0 Å². The van der Waals surface area contributed by atoms with Crippen LogP contribution >= 0.6 is 15.9 Å². The van der Waals surface area contributed by atoms with E-state index in [1.807, 2.05) is 0 Å². The summed E-state index contributed by atoms with van der Waals surface area (Å²) in [5.74, 6) is -0.987. The van der Waals surface area contributed by atoms with Gasteiger partial charge in [0, 0.05) is 6.07 Å². The van der Waals surface area contributed by atoms with Crippen molar-refractivity contribution in [1.82, 2.24) is 0 Å². The largest absolute Gasteiger partial charge is 0.376 e. The van der Waals surface area contributed by atoms with Gasteiger partial charge in [0.25, 0.3) is 0 Å². The van der Waals surface area contributed by atoms with Crippen molar-refractivity contribution < 1.29 is 13.2 Å². The zero-order valence-electron chi connectivity index (χ0n) is 11.0. The second-order valence-electron chi connectivity index (χ2n) is 5.26. The average molecular weight is 356 g/mol. The highest BCUT2D eigenvalue weighted by Crippen LogP contribution is 2.43. The van der Waals surface area contributed by atoms with E-state index in [-0.39, 0.29) is 22.0 Å². The third-order valence-corrected chi connectivity index (χ3v) is 4.25. The summed E-state index contributed by atoms with van der Waals surface area (Å²) in [5.41, 5.74) is 0.999. The molecule has 5 heteroatoms. The molecule has 21 heavy (non-hydrogen) atoms. The van der Waals surface area contributed by atoms with Gasteiger partial charge in [0.05, 0.1) is 16.2 Å². The molecule has 1 aliphatic carbocycles. The minimum absolute atomic E-state index is 0.0929. The van der Waals surface area contributed by atoms with Crippen molar-refractivity contribution in [2.45, 2.75) is 18.9 Å². The maximum Gasteiger partial charge on any atom is 0.147 e. The minimum atomic E-state index is -0.521. The van der Waals surface area contributed by atoms with Crippen molar-refractivity contribution in [3.8, 4) is 0 Å². The van der Waals surface area contributed by atoms with Gasteiger partial charge in [0.15, 0.2) is 0 Å². The molecule has 0 saturated heterocycles. The van der Waals surface area contributed by atoms with Crippen LogP contribution in [0.4, 0.5) is 18.9 Å². The van der Waals surface area contributed by atoms with Gasteiger partial charge in [-0.05, 0) is 58.5 Å². The van der Waals surface area contributed by atoms with Crippen LogP contribution in [-0.2, 0) is 0 Å². The number of hydrogen-bond donors (Lipinski definition) is 1. The molecular weight excluding hydrogens is 343 g/mol. The summed E-state index contributed by atoms with van der Waals surface area (Å²) in [6.45, 7) is 0. The Bertz CT molecular complexity index is 653. The molecule has 0 radical (unpaired) electrons. The average Bonchev–Trinajstić information content (AvgIpc) is 3.27. The highest BCUT2D eigenvalue weighted by atomic mass is 79.9. The van der Waals surface area contributed by atoms with E-state index in [2.05, 4.69) is 21.2 Å². The smallest absolute Gasteiger partial charge is 0.147 e. The number of benzene rings is 2. The molecule has 0 aliphatic heterocycles. The van der Waals surface area contributed by atoms with Crippen LogP contribution in [0, 0.1) is 23.4 Å². The van der Waals surface area contributed by atoms with E-state index in [4.69, 9.17) is 0 Å². The van der Waals surface area contributed by atoms with Crippen molar-refractivity contribution in [1.29, 1.82) is 0 Å². The first-order chi connectivity index (χ1) is 10.0. The minimum Gasteiger partial charge on any atom is -0.376 e. The maximum absolute atomic E-state index is 13.9. The third kappa shape index (κ3) is 3.23. The van der Waals surface area contributed by atoms with Crippen LogP contribution in [0.15, 0.2) is 40.9 Å². The van der Waals surface area contributed by atoms with Crippen LogP contribution in [0.25, 0.3) is 0 Å². The Morgan fingerprint density at radius 3 is 2.29 bits per heavy atom. The van der Waals surface area contributed by atoms with Gasteiger partial charge in [-0.15, -0.1) is 0 Å². The predicted molar refractivity (Wildman–Crippen MR) is 79.5 cm³/mol. The molecule has 1 saturated carbocycles. The molecule has 0 heterocycles. The van der Waals surface area contributed by atoms with Crippen LogP contribution in [0.2, 0.25) is 0 Å². The topological polar surface area (TPSA) is 12.0 Å². The Kier molecular flexibility index (Phi) is 3.93. The SMILES string of the molecule is Fc1ccc(C(Nc2cc(F)c(Br)cc2F)C2CC2)cc1. The van der Waals surface area contributed by atoms with Crippen LogP contribution in [0.1, 0.15) is 24.4 Å². The van der Waals surface area contributed by atoms with Gasteiger partial charge in [0.2, 0.25) is 0 Å². The summed E-state index contributed by atoms with van der Waals surface area (Å²) in [6, 6.07) is 8.22. The fraction of sp³-hybridized carbons (Fsp3) is 0.250. The van der Waals surface area contributed by atoms with Gasteiger partial charge in [-0.3, -0.25) is 0 Å². The lowest BCUT2D eigenvalue weighted by molar-refractivity contribution is 0.588. The zero-order valence-corrected chi connectivity index (χ0v) is 12.6. The summed E-state index contributed by atoms with van der Waals surface area (Å²) < 4.78 is 40.6. The molecule has 0 spiro atoms. The molecule has 1 atom stereocenters. The molecule has 0 bridgehead atoms. The van der Waals surface area contributed by atoms with Gasteiger partial charge < -0.3 is 5.32 Å². The molecule has 1 nitrogen and oxygen atoms in total. The standard InChI is InChI=1S/C16H13BrF3N/c17-12-7-14(20)15(8-13(12)19)21-16(9-1-2-9)10-3-5-11(18)6-4-10/h3-9,16,21H,1-2H2. The fourth-order valence-electron chi connectivity index (χ4n) is 2.37. The molecule has 2 aromatic carbocycles.